The summed E-state index contributed by atoms with van der Waals surface area (Å²) in [7, 11) is 0. The van der Waals surface area contributed by atoms with Crippen molar-refractivity contribution in [2.75, 3.05) is 0 Å². The van der Waals surface area contributed by atoms with E-state index in [2.05, 4.69) is 82.8 Å². The first-order valence-corrected chi connectivity index (χ1v) is 14.5. The van der Waals surface area contributed by atoms with Gasteiger partial charge in [0.05, 0.1) is 51.0 Å². The largest absolute Gasteiger partial charge is 0.454 e. The van der Waals surface area contributed by atoms with Gasteiger partial charge >= 0.3 is 0 Å². The van der Waals surface area contributed by atoms with Crippen LogP contribution < -0.4 is 0 Å². The van der Waals surface area contributed by atoms with Crippen molar-refractivity contribution < 1.29 is 4.42 Å². The third kappa shape index (κ3) is 3.27. The Morgan fingerprint density at radius 3 is 2.00 bits per heavy atom. The molecule has 9 aromatic rings. The van der Waals surface area contributed by atoms with Crippen LogP contribution in [-0.4, -0.2) is 9.13 Å². The van der Waals surface area contributed by atoms with Crippen LogP contribution >= 0.6 is 0 Å². The van der Waals surface area contributed by atoms with E-state index >= 15 is 0 Å². The molecule has 204 valence electrons. The Kier molecular flexibility index (Phi) is 4.89. The molecule has 0 aliphatic carbocycles. The molecule has 0 bridgehead atoms. The monoisotopic (exact) mass is 562 g/mol. The number of benzene rings is 6. The first-order chi connectivity index (χ1) is 21.6. The quantitative estimate of drug-likeness (QED) is 0.210. The molecule has 0 atom stereocenters. The number of fused-ring (bicyclic) bond motifs is 9. The SMILES string of the molecule is Cc1ccc2c(c1)c1cc(C#N)ccc1n2-c1ccc2c(c1)c1ccccc1n2-c1cc(C#N)cc2c1oc1ccccc12. The molecule has 0 spiro atoms. The predicted octanol–water partition coefficient (Wildman–Crippen LogP) is 9.83. The van der Waals surface area contributed by atoms with Crippen molar-refractivity contribution in [1.29, 1.82) is 10.5 Å². The second kappa shape index (κ2) is 8.85. The van der Waals surface area contributed by atoms with Crippen LogP contribution in [0.3, 0.4) is 0 Å². The van der Waals surface area contributed by atoms with Gasteiger partial charge in [-0.15, -0.1) is 0 Å². The van der Waals surface area contributed by atoms with E-state index in [1.807, 2.05) is 60.7 Å². The first-order valence-electron chi connectivity index (χ1n) is 14.5. The van der Waals surface area contributed by atoms with Gasteiger partial charge in [0.2, 0.25) is 0 Å². The summed E-state index contributed by atoms with van der Waals surface area (Å²) < 4.78 is 11.0. The van der Waals surface area contributed by atoms with Gasteiger partial charge in [0.25, 0.3) is 0 Å². The Hall–Kier alpha value is -6.30. The standard InChI is InChI=1S/C39H22N4O/c1-23-10-13-34-29(16-23)30-17-24(21-40)11-14-35(30)42(34)26-12-15-36-31(20-26)27-6-2-4-8-33(27)43(36)37-19-25(22-41)18-32-28-7-3-5-9-38(28)44-39(32)37/h2-20H,1H3. The lowest BCUT2D eigenvalue weighted by Gasteiger charge is -2.11. The first kappa shape index (κ1) is 24.3. The minimum atomic E-state index is 0.582. The number of aromatic nitrogens is 2. The van der Waals surface area contributed by atoms with Crippen LogP contribution in [0.2, 0.25) is 0 Å². The third-order valence-corrected chi connectivity index (χ3v) is 8.79. The average molecular weight is 563 g/mol. The van der Waals surface area contributed by atoms with Crippen molar-refractivity contribution in [3.8, 4) is 23.5 Å². The average Bonchev–Trinajstić information content (AvgIpc) is 3.71. The molecule has 0 fully saturated rings. The molecule has 0 unspecified atom stereocenters. The smallest absolute Gasteiger partial charge is 0.159 e. The van der Waals surface area contributed by atoms with Crippen molar-refractivity contribution in [3.63, 3.8) is 0 Å². The summed E-state index contributed by atoms with van der Waals surface area (Å²) in [6.45, 7) is 2.10. The third-order valence-electron chi connectivity index (χ3n) is 8.79. The summed E-state index contributed by atoms with van der Waals surface area (Å²) in [6, 6.07) is 43.8. The van der Waals surface area contributed by atoms with Gasteiger partial charge in [-0.2, -0.15) is 10.5 Å². The summed E-state index contributed by atoms with van der Waals surface area (Å²) >= 11 is 0. The van der Waals surface area contributed by atoms with Gasteiger partial charge in [-0.05, 0) is 79.7 Å². The van der Waals surface area contributed by atoms with Crippen molar-refractivity contribution in [2.45, 2.75) is 6.92 Å². The number of rotatable bonds is 2. The lowest BCUT2D eigenvalue weighted by molar-refractivity contribution is 0.666. The second-order valence-corrected chi connectivity index (χ2v) is 11.3. The Labute approximate surface area is 251 Å². The fraction of sp³-hybridized carbons (Fsp3) is 0.0256. The lowest BCUT2D eigenvalue weighted by Crippen LogP contribution is -1.97. The van der Waals surface area contributed by atoms with E-state index in [1.165, 1.54) is 5.56 Å². The maximum atomic E-state index is 10.0. The van der Waals surface area contributed by atoms with E-state index in [1.54, 1.807) is 0 Å². The number of nitriles is 2. The van der Waals surface area contributed by atoms with Gasteiger partial charge in [-0.25, -0.2) is 0 Å². The predicted molar refractivity (Wildman–Crippen MR) is 177 cm³/mol. The van der Waals surface area contributed by atoms with Crippen LogP contribution in [0.4, 0.5) is 0 Å². The van der Waals surface area contributed by atoms with Gasteiger partial charge in [-0.1, -0.05) is 48.0 Å². The second-order valence-electron chi connectivity index (χ2n) is 11.3. The number of hydrogen-bond donors (Lipinski definition) is 0. The topological polar surface area (TPSA) is 70.6 Å². The van der Waals surface area contributed by atoms with E-state index in [-0.39, 0.29) is 0 Å². The fourth-order valence-electron chi connectivity index (χ4n) is 6.88. The molecule has 44 heavy (non-hydrogen) atoms. The Morgan fingerprint density at radius 1 is 0.523 bits per heavy atom. The van der Waals surface area contributed by atoms with Gasteiger partial charge < -0.3 is 13.6 Å². The number of furan rings is 1. The van der Waals surface area contributed by atoms with E-state index in [0.29, 0.717) is 11.1 Å². The Bertz CT molecular complexity index is 2760. The highest BCUT2D eigenvalue weighted by Gasteiger charge is 2.20. The molecule has 0 aliphatic heterocycles. The maximum absolute atomic E-state index is 10.0. The van der Waals surface area contributed by atoms with Crippen molar-refractivity contribution in [1.82, 2.24) is 9.13 Å². The van der Waals surface area contributed by atoms with Crippen LogP contribution in [0, 0.1) is 29.6 Å². The molecule has 5 heteroatoms. The molecule has 3 heterocycles. The molecule has 3 aromatic heterocycles. The highest BCUT2D eigenvalue weighted by Crippen LogP contribution is 2.40. The molecule has 0 saturated heterocycles. The van der Waals surface area contributed by atoms with Gasteiger partial charge in [-0.3, -0.25) is 0 Å². The Morgan fingerprint density at radius 2 is 1.16 bits per heavy atom. The van der Waals surface area contributed by atoms with Crippen LogP contribution in [0.25, 0.3) is 76.9 Å². The van der Waals surface area contributed by atoms with Crippen molar-refractivity contribution in [3.05, 3.63) is 132 Å². The minimum Gasteiger partial charge on any atom is -0.454 e. The number of nitrogens with zero attached hydrogens (tertiary/aromatic N) is 4. The molecule has 0 amide bonds. The normalized spacial score (nSPS) is 11.7. The van der Waals surface area contributed by atoms with Crippen molar-refractivity contribution >= 4 is 65.6 Å². The fourth-order valence-corrected chi connectivity index (χ4v) is 6.88. The van der Waals surface area contributed by atoms with E-state index < -0.39 is 0 Å². The lowest BCUT2D eigenvalue weighted by atomic mass is 10.1. The zero-order chi connectivity index (χ0) is 29.5. The zero-order valence-electron chi connectivity index (χ0n) is 23.7. The number of aryl methyl sites for hydroxylation is 1. The molecule has 5 nitrogen and oxygen atoms in total. The van der Waals surface area contributed by atoms with Crippen molar-refractivity contribution in [2.24, 2.45) is 0 Å². The molecule has 0 N–H and O–H groups in total. The molecule has 6 aromatic carbocycles. The summed E-state index contributed by atoms with van der Waals surface area (Å²) in [4.78, 5) is 0. The zero-order valence-corrected chi connectivity index (χ0v) is 23.7. The van der Waals surface area contributed by atoms with Crippen LogP contribution in [0.1, 0.15) is 16.7 Å². The number of hydrogen-bond acceptors (Lipinski definition) is 3. The van der Waals surface area contributed by atoms with Gasteiger partial charge in [0, 0.05) is 38.0 Å². The summed E-state index contributed by atoms with van der Waals surface area (Å²) in [6.07, 6.45) is 0. The summed E-state index contributed by atoms with van der Waals surface area (Å²) in [5.74, 6) is 0. The van der Waals surface area contributed by atoms with E-state index in [4.69, 9.17) is 4.42 Å². The highest BCUT2D eigenvalue weighted by atomic mass is 16.3. The molecular formula is C39H22N4O. The summed E-state index contributed by atoms with van der Waals surface area (Å²) in [5, 5.41) is 25.9. The Balaban J connectivity index is 1.38. The molecule has 0 saturated carbocycles. The van der Waals surface area contributed by atoms with Crippen LogP contribution in [-0.2, 0) is 0 Å². The van der Waals surface area contributed by atoms with Gasteiger partial charge in [0.15, 0.2) is 5.58 Å². The summed E-state index contributed by atoms with van der Waals surface area (Å²) in [5.41, 5.74) is 10.0. The molecule has 0 aliphatic rings. The molecule has 9 rings (SSSR count). The highest BCUT2D eigenvalue weighted by molar-refractivity contribution is 6.14. The number of para-hydroxylation sites is 2. The van der Waals surface area contributed by atoms with Crippen LogP contribution in [0.15, 0.2) is 120 Å². The van der Waals surface area contributed by atoms with E-state index in [0.717, 1.165) is 76.9 Å². The van der Waals surface area contributed by atoms with Gasteiger partial charge in [0.1, 0.15) is 5.58 Å². The van der Waals surface area contributed by atoms with E-state index in [9.17, 15) is 10.5 Å². The maximum Gasteiger partial charge on any atom is 0.159 e. The van der Waals surface area contributed by atoms with Crippen LogP contribution in [0.5, 0.6) is 0 Å². The molecular weight excluding hydrogens is 540 g/mol. The minimum absolute atomic E-state index is 0.582. The molecule has 0 radical (unpaired) electrons.